The largest absolute Gasteiger partial charge is 0.0754 e. The minimum Gasteiger partial charge on any atom is -0.0668 e. The van der Waals surface area contributed by atoms with E-state index < -0.39 is 0 Å². The molecule has 0 aromatic carbocycles. The molecule has 1 spiro atoms. The van der Waals surface area contributed by atoms with Crippen molar-refractivity contribution in [3.8, 4) is 0 Å². The molecule has 7 aliphatic rings. The van der Waals surface area contributed by atoms with Crippen LogP contribution in [-0.4, -0.2) is 7.85 Å². The van der Waals surface area contributed by atoms with E-state index in [1.54, 1.807) is 19.3 Å². The fraction of sp³-hybridized carbons (Fsp3) is 1.00. The minimum absolute atomic E-state index is 0.156. The SMILES string of the molecule is [B]C1(C)C2C3CC4CC43C3CC4C2C1(C)C43C. The summed E-state index contributed by atoms with van der Waals surface area (Å²) in [4.78, 5) is 0. The first-order valence-corrected chi connectivity index (χ1v) is 7.70. The molecule has 10 atom stereocenters. The maximum absolute atomic E-state index is 6.86. The van der Waals surface area contributed by atoms with Crippen LogP contribution in [0.4, 0.5) is 0 Å². The standard InChI is InChI=1S/C16H21B/c1-13-8-5-10(13)16-6-7(16)4-9(16)12-11(8)14(13,2)15(12,3)17/h7-12H,4-6H2,1-3H3. The Morgan fingerprint density at radius 1 is 1.00 bits per heavy atom. The highest BCUT2D eigenvalue weighted by atomic mass is 15.0. The van der Waals surface area contributed by atoms with E-state index in [0.29, 0.717) is 10.8 Å². The van der Waals surface area contributed by atoms with Gasteiger partial charge >= 0.3 is 0 Å². The van der Waals surface area contributed by atoms with Crippen LogP contribution in [0.25, 0.3) is 0 Å². The van der Waals surface area contributed by atoms with Gasteiger partial charge in [0.15, 0.2) is 0 Å². The van der Waals surface area contributed by atoms with Gasteiger partial charge in [0.1, 0.15) is 0 Å². The number of hydrogen-bond acceptors (Lipinski definition) is 0. The highest BCUT2D eigenvalue weighted by molar-refractivity contribution is 6.17. The van der Waals surface area contributed by atoms with Crippen molar-refractivity contribution in [1.82, 2.24) is 0 Å². The van der Waals surface area contributed by atoms with Crippen molar-refractivity contribution >= 4 is 7.85 Å². The van der Waals surface area contributed by atoms with Gasteiger partial charge in [0, 0.05) is 0 Å². The van der Waals surface area contributed by atoms with E-state index >= 15 is 0 Å². The molecule has 7 aliphatic carbocycles. The first-order valence-electron chi connectivity index (χ1n) is 7.70. The molecule has 0 aromatic rings. The highest BCUT2D eigenvalue weighted by Crippen LogP contribution is 3.02. The predicted octanol–water partition coefficient (Wildman–Crippen LogP) is 3.28. The Hall–Kier alpha value is 0.0649. The third-order valence-electron chi connectivity index (χ3n) is 9.91. The number of hydrogen-bond donors (Lipinski definition) is 0. The summed E-state index contributed by atoms with van der Waals surface area (Å²) >= 11 is 0. The molecule has 0 amide bonds. The van der Waals surface area contributed by atoms with Gasteiger partial charge in [-0.2, -0.15) is 0 Å². The van der Waals surface area contributed by atoms with Crippen LogP contribution < -0.4 is 0 Å². The van der Waals surface area contributed by atoms with Crippen molar-refractivity contribution in [2.75, 3.05) is 0 Å². The summed E-state index contributed by atoms with van der Waals surface area (Å²) in [5.41, 5.74) is 1.97. The molecule has 7 rings (SSSR count). The summed E-state index contributed by atoms with van der Waals surface area (Å²) in [6.45, 7) is 7.57. The Bertz CT molecular complexity index is 494. The Kier molecular flexibility index (Phi) is 0.955. The number of rotatable bonds is 0. The molecular weight excluding hydrogens is 203 g/mol. The van der Waals surface area contributed by atoms with E-state index in [1.807, 2.05) is 0 Å². The summed E-state index contributed by atoms with van der Waals surface area (Å²) < 4.78 is 0. The zero-order chi connectivity index (χ0) is 11.6. The van der Waals surface area contributed by atoms with E-state index in [0.717, 1.165) is 40.9 Å². The van der Waals surface area contributed by atoms with Gasteiger partial charge < -0.3 is 0 Å². The molecule has 0 saturated heterocycles. The molecule has 10 unspecified atom stereocenters. The topological polar surface area (TPSA) is 0 Å². The molecule has 7 fully saturated rings. The van der Waals surface area contributed by atoms with Crippen molar-refractivity contribution in [3.63, 3.8) is 0 Å². The zero-order valence-corrected chi connectivity index (χ0v) is 11.2. The van der Waals surface area contributed by atoms with Gasteiger partial charge in [0.25, 0.3) is 0 Å². The average Bonchev–Trinajstić information content (AvgIpc) is 2.90. The van der Waals surface area contributed by atoms with Crippen LogP contribution in [-0.2, 0) is 0 Å². The molecule has 0 N–H and O–H groups in total. The van der Waals surface area contributed by atoms with Crippen LogP contribution in [0.5, 0.6) is 0 Å². The Balaban J connectivity index is 1.66. The third-order valence-corrected chi connectivity index (χ3v) is 9.91. The molecule has 88 valence electrons. The second-order valence-corrected chi connectivity index (χ2v) is 9.07. The molecule has 2 radical (unpaired) electrons. The van der Waals surface area contributed by atoms with Crippen LogP contribution in [0.3, 0.4) is 0 Å². The van der Waals surface area contributed by atoms with Crippen molar-refractivity contribution in [2.24, 2.45) is 51.8 Å². The lowest BCUT2D eigenvalue weighted by atomic mass is 9.12. The Labute approximate surface area is 105 Å². The minimum atomic E-state index is 0.156. The van der Waals surface area contributed by atoms with Crippen molar-refractivity contribution in [1.29, 1.82) is 0 Å². The van der Waals surface area contributed by atoms with E-state index in [-0.39, 0.29) is 5.31 Å². The van der Waals surface area contributed by atoms with Gasteiger partial charge in [-0.3, -0.25) is 0 Å². The second-order valence-electron chi connectivity index (χ2n) is 9.07. The van der Waals surface area contributed by atoms with Gasteiger partial charge in [-0.1, -0.05) is 26.1 Å². The lowest BCUT2D eigenvalue weighted by molar-refractivity contribution is -0.375. The van der Waals surface area contributed by atoms with E-state index in [1.165, 1.54) is 0 Å². The van der Waals surface area contributed by atoms with Crippen LogP contribution in [0.15, 0.2) is 0 Å². The normalized spacial score (nSPS) is 88.2. The van der Waals surface area contributed by atoms with Crippen molar-refractivity contribution in [3.05, 3.63) is 0 Å². The van der Waals surface area contributed by atoms with E-state index in [9.17, 15) is 0 Å². The van der Waals surface area contributed by atoms with Crippen LogP contribution in [0.1, 0.15) is 40.0 Å². The summed E-state index contributed by atoms with van der Waals surface area (Å²) in [6.07, 6.45) is 4.71. The van der Waals surface area contributed by atoms with Gasteiger partial charge in [-0.15, -0.1) is 0 Å². The predicted molar refractivity (Wildman–Crippen MR) is 67.6 cm³/mol. The summed E-state index contributed by atoms with van der Waals surface area (Å²) in [6, 6.07) is 0. The summed E-state index contributed by atoms with van der Waals surface area (Å²) in [7, 11) is 6.86. The lowest BCUT2D eigenvalue weighted by Gasteiger charge is -2.89. The molecule has 17 heavy (non-hydrogen) atoms. The first kappa shape index (κ1) is 9.05. The molecule has 1 heteroatoms. The van der Waals surface area contributed by atoms with Crippen molar-refractivity contribution in [2.45, 2.75) is 45.3 Å². The van der Waals surface area contributed by atoms with Crippen LogP contribution in [0, 0.1) is 51.8 Å². The van der Waals surface area contributed by atoms with Gasteiger partial charge in [0.2, 0.25) is 0 Å². The van der Waals surface area contributed by atoms with Crippen LogP contribution >= 0.6 is 0 Å². The van der Waals surface area contributed by atoms with Crippen molar-refractivity contribution < 1.29 is 0 Å². The molecule has 0 heterocycles. The third kappa shape index (κ3) is 0.461. The maximum Gasteiger partial charge on any atom is 0.0754 e. The first-order chi connectivity index (χ1) is 7.92. The quantitative estimate of drug-likeness (QED) is 0.554. The maximum atomic E-state index is 6.86. The van der Waals surface area contributed by atoms with E-state index in [2.05, 4.69) is 20.8 Å². The van der Waals surface area contributed by atoms with Crippen LogP contribution in [0.2, 0.25) is 5.31 Å². The lowest BCUT2D eigenvalue weighted by Crippen LogP contribution is -2.83. The second kappa shape index (κ2) is 1.80. The fourth-order valence-corrected chi connectivity index (χ4v) is 9.05. The fourth-order valence-electron chi connectivity index (χ4n) is 9.05. The summed E-state index contributed by atoms with van der Waals surface area (Å²) in [5.74, 6) is 6.23. The average molecular weight is 224 g/mol. The van der Waals surface area contributed by atoms with Gasteiger partial charge in [0.05, 0.1) is 7.85 Å². The zero-order valence-electron chi connectivity index (χ0n) is 11.2. The molecule has 7 saturated carbocycles. The van der Waals surface area contributed by atoms with Gasteiger partial charge in [-0.25, -0.2) is 0 Å². The Morgan fingerprint density at radius 2 is 1.76 bits per heavy atom. The molecule has 0 nitrogen and oxygen atoms in total. The summed E-state index contributed by atoms with van der Waals surface area (Å²) in [5, 5.41) is 0.156. The van der Waals surface area contributed by atoms with Gasteiger partial charge in [-0.05, 0) is 71.0 Å². The molecule has 6 bridgehead atoms. The monoisotopic (exact) mass is 224 g/mol. The molecule has 0 aromatic heterocycles. The highest BCUT2D eigenvalue weighted by Gasteiger charge is 2.96. The van der Waals surface area contributed by atoms with E-state index in [4.69, 9.17) is 7.85 Å². The molecular formula is C16H21B. The Morgan fingerprint density at radius 3 is 2.41 bits per heavy atom. The molecule has 0 aliphatic heterocycles. The smallest absolute Gasteiger partial charge is 0.0668 e.